The van der Waals surface area contributed by atoms with Crippen LogP contribution in [-0.4, -0.2) is 21.4 Å². The van der Waals surface area contributed by atoms with Gasteiger partial charge in [0.05, 0.1) is 11.7 Å². The molecule has 1 saturated heterocycles. The van der Waals surface area contributed by atoms with E-state index in [4.69, 9.17) is 4.74 Å². The molecule has 23 heavy (non-hydrogen) atoms. The van der Waals surface area contributed by atoms with Crippen molar-refractivity contribution in [2.75, 3.05) is 0 Å². The Bertz CT molecular complexity index is 722. The molecule has 0 N–H and O–H groups in total. The number of nitrogens with zero attached hydrogens (tertiary/aromatic N) is 2. The third-order valence-electron chi connectivity index (χ3n) is 5.04. The molecule has 120 valence electrons. The first-order valence-electron chi connectivity index (χ1n) is 8.29. The smallest absolute Gasteiger partial charge is 0.248 e. The van der Waals surface area contributed by atoms with Crippen LogP contribution in [0, 0.1) is 5.92 Å². The number of hydrogen-bond acceptors (Lipinski definition) is 2. The fraction of sp³-hybridized carbons (Fsp3) is 0.421. The number of amides is 1. The first kappa shape index (κ1) is 14.5. The molecule has 1 aromatic carbocycles. The quantitative estimate of drug-likeness (QED) is 0.848. The van der Waals surface area contributed by atoms with Gasteiger partial charge in [-0.2, -0.15) is 0 Å². The maximum Gasteiger partial charge on any atom is 0.248 e. The number of hydrogen-bond donors (Lipinski definition) is 0. The molecule has 4 heteroatoms. The number of carbonyl (C=O) groups excluding carboxylic acids is 1. The second-order valence-corrected chi connectivity index (χ2v) is 6.84. The zero-order valence-electron chi connectivity index (χ0n) is 13.7. The number of aromatic nitrogens is 1. The highest BCUT2D eigenvalue weighted by molar-refractivity contribution is 5.83. The normalized spacial score (nSPS) is 29.7. The maximum atomic E-state index is 13.1. The van der Waals surface area contributed by atoms with Crippen molar-refractivity contribution < 1.29 is 9.53 Å². The lowest BCUT2D eigenvalue weighted by atomic mass is 9.97. The van der Waals surface area contributed by atoms with Gasteiger partial charge in [0, 0.05) is 6.20 Å². The molecule has 0 unspecified atom stereocenters. The van der Waals surface area contributed by atoms with Crippen LogP contribution in [0.15, 0.2) is 48.7 Å². The highest BCUT2D eigenvalue weighted by Crippen LogP contribution is 2.47. The third-order valence-corrected chi connectivity index (χ3v) is 5.04. The number of benzene rings is 1. The Hall–Kier alpha value is -2.07. The topological polar surface area (TPSA) is 34.5 Å². The first-order chi connectivity index (χ1) is 11.1. The van der Waals surface area contributed by atoms with Gasteiger partial charge in [0.1, 0.15) is 12.1 Å². The van der Waals surface area contributed by atoms with Crippen LogP contribution in [0.1, 0.15) is 50.4 Å². The summed E-state index contributed by atoms with van der Waals surface area (Å²) in [7, 11) is 0. The van der Waals surface area contributed by atoms with Crippen molar-refractivity contribution in [1.82, 2.24) is 9.47 Å². The SMILES string of the molecule is CC(C)[C@@H]1C(=O)N2[C@H](C)[C@H](c3ccccc3)O[C@H]2c2cccn21. The molecule has 2 aliphatic heterocycles. The average molecular weight is 310 g/mol. The fourth-order valence-corrected chi connectivity index (χ4v) is 3.95. The highest BCUT2D eigenvalue weighted by Gasteiger charge is 2.50. The Morgan fingerprint density at radius 2 is 1.83 bits per heavy atom. The third kappa shape index (κ3) is 2.05. The van der Waals surface area contributed by atoms with Crippen LogP contribution in [0.3, 0.4) is 0 Å². The van der Waals surface area contributed by atoms with E-state index >= 15 is 0 Å². The molecule has 4 nitrogen and oxygen atoms in total. The Labute approximate surface area is 136 Å². The summed E-state index contributed by atoms with van der Waals surface area (Å²) in [6.07, 6.45) is 1.63. The van der Waals surface area contributed by atoms with Crippen LogP contribution in [0.5, 0.6) is 0 Å². The van der Waals surface area contributed by atoms with E-state index in [1.807, 2.05) is 35.4 Å². The standard InChI is InChI=1S/C19H22N2O2/c1-12(2)16-18(22)21-13(3)17(14-8-5-4-6-9-14)23-19(21)15-10-7-11-20(15)16/h4-13,16-17,19H,1-3H3/t13-,16-,17-,19+/m1/s1. The second-order valence-electron chi connectivity index (χ2n) is 6.84. The summed E-state index contributed by atoms with van der Waals surface area (Å²) in [4.78, 5) is 15.1. The van der Waals surface area contributed by atoms with Gasteiger partial charge in [-0.15, -0.1) is 0 Å². The molecule has 0 saturated carbocycles. The minimum absolute atomic E-state index is 0.0276. The van der Waals surface area contributed by atoms with Crippen molar-refractivity contribution >= 4 is 5.91 Å². The molecule has 0 radical (unpaired) electrons. The predicted octanol–water partition coefficient (Wildman–Crippen LogP) is 3.69. The summed E-state index contributed by atoms with van der Waals surface area (Å²) in [6, 6.07) is 14.1. The number of carbonyl (C=O) groups is 1. The van der Waals surface area contributed by atoms with Crippen molar-refractivity contribution in [2.45, 2.75) is 45.2 Å². The van der Waals surface area contributed by atoms with Crippen LogP contribution in [0.4, 0.5) is 0 Å². The van der Waals surface area contributed by atoms with Gasteiger partial charge in [-0.3, -0.25) is 4.79 Å². The van der Waals surface area contributed by atoms with Gasteiger partial charge in [0.2, 0.25) is 5.91 Å². The van der Waals surface area contributed by atoms with Crippen LogP contribution < -0.4 is 0 Å². The summed E-state index contributed by atoms with van der Waals surface area (Å²) >= 11 is 0. The summed E-state index contributed by atoms with van der Waals surface area (Å²) in [5, 5.41) is 0. The van der Waals surface area contributed by atoms with E-state index in [1.165, 1.54) is 0 Å². The second kappa shape index (κ2) is 5.24. The van der Waals surface area contributed by atoms with Gasteiger partial charge >= 0.3 is 0 Å². The van der Waals surface area contributed by atoms with E-state index in [-0.39, 0.29) is 36.2 Å². The van der Waals surface area contributed by atoms with E-state index in [1.54, 1.807) is 0 Å². The average Bonchev–Trinajstić information content (AvgIpc) is 3.13. The Kier molecular flexibility index (Phi) is 3.31. The molecule has 2 aromatic rings. The molecule has 4 atom stereocenters. The van der Waals surface area contributed by atoms with Crippen LogP contribution in [0.2, 0.25) is 0 Å². The molecule has 0 spiro atoms. The number of fused-ring (bicyclic) bond motifs is 3. The van der Waals surface area contributed by atoms with E-state index < -0.39 is 0 Å². The zero-order valence-corrected chi connectivity index (χ0v) is 13.7. The molecule has 2 aliphatic rings. The molecule has 4 rings (SSSR count). The van der Waals surface area contributed by atoms with Crippen LogP contribution in [0.25, 0.3) is 0 Å². The van der Waals surface area contributed by atoms with Crippen LogP contribution >= 0.6 is 0 Å². The van der Waals surface area contributed by atoms with Gasteiger partial charge in [-0.1, -0.05) is 44.2 Å². The summed E-state index contributed by atoms with van der Waals surface area (Å²) < 4.78 is 8.42. The van der Waals surface area contributed by atoms with Gasteiger partial charge in [-0.25, -0.2) is 0 Å². The minimum Gasteiger partial charge on any atom is -0.342 e. The molecule has 1 fully saturated rings. The van der Waals surface area contributed by atoms with E-state index in [0.29, 0.717) is 0 Å². The molecule has 3 heterocycles. The highest BCUT2D eigenvalue weighted by atomic mass is 16.5. The molecule has 0 aliphatic carbocycles. The Balaban J connectivity index is 1.77. The number of ether oxygens (including phenoxy) is 1. The summed E-state index contributed by atoms with van der Waals surface area (Å²) in [6.45, 7) is 6.29. The molecular weight excluding hydrogens is 288 g/mol. The summed E-state index contributed by atoms with van der Waals surface area (Å²) in [5.41, 5.74) is 2.20. The first-order valence-corrected chi connectivity index (χ1v) is 8.29. The maximum absolute atomic E-state index is 13.1. The van der Waals surface area contributed by atoms with Crippen molar-refractivity contribution in [3.05, 3.63) is 59.9 Å². The van der Waals surface area contributed by atoms with Gasteiger partial charge in [0.25, 0.3) is 0 Å². The van der Waals surface area contributed by atoms with Gasteiger partial charge in [0.15, 0.2) is 6.23 Å². The Morgan fingerprint density at radius 1 is 1.09 bits per heavy atom. The van der Waals surface area contributed by atoms with Crippen molar-refractivity contribution in [1.29, 1.82) is 0 Å². The molecule has 0 bridgehead atoms. The lowest BCUT2D eigenvalue weighted by molar-refractivity contribution is -0.147. The molecule has 1 amide bonds. The predicted molar refractivity (Wildman–Crippen MR) is 87.6 cm³/mol. The zero-order chi connectivity index (χ0) is 16.1. The minimum atomic E-state index is -0.285. The van der Waals surface area contributed by atoms with Gasteiger partial charge < -0.3 is 14.2 Å². The van der Waals surface area contributed by atoms with Gasteiger partial charge in [-0.05, 0) is 30.5 Å². The summed E-state index contributed by atoms with van der Waals surface area (Å²) in [5.74, 6) is 0.414. The van der Waals surface area contributed by atoms with Crippen LogP contribution in [-0.2, 0) is 9.53 Å². The molecular formula is C19H22N2O2. The largest absolute Gasteiger partial charge is 0.342 e. The number of rotatable bonds is 2. The van der Waals surface area contributed by atoms with Crippen molar-refractivity contribution in [3.8, 4) is 0 Å². The lowest BCUT2D eigenvalue weighted by Gasteiger charge is -2.38. The van der Waals surface area contributed by atoms with E-state index in [0.717, 1.165) is 11.3 Å². The van der Waals surface area contributed by atoms with E-state index in [9.17, 15) is 4.79 Å². The lowest BCUT2D eigenvalue weighted by Crippen LogP contribution is -2.47. The van der Waals surface area contributed by atoms with E-state index in [2.05, 4.69) is 43.5 Å². The monoisotopic (exact) mass is 310 g/mol. The fourth-order valence-electron chi connectivity index (χ4n) is 3.95. The van der Waals surface area contributed by atoms with Crippen molar-refractivity contribution in [3.63, 3.8) is 0 Å². The van der Waals surface area contributed by atoms with Crippen molar-refractivity contribution in [2.24, 2.45) is 5.92 Å². The Morgan fingerprint density at radius 3 is 2.52 bits per heavy atom. The molecule has 1 aromatic heterocycles.